The molecule has 1 N–H and O–H groups in total. The van der Waals surface area contributed by atoms with Gasteiger partial charge in [0.05, 0.1) is 0 Å². The molecule has 0 aromatic carbocycles. The Kier molecular flexibility index (Phi) is 3.87. The Morgan fingerprint density at radius 1 is 1.47 bits per heavy atom. The molecule has 1 saturated carbocycles. The molecule has 1 aliphatic rings. The van der Waals surface area contributed by atoms with Gasteiger partial charge in [-0.2, -0.15) is 0 Å². The third-order valence-electron chi connectivity index (χ3n) is 3.32. The van der Waals surface area contributed by atoms with E-state index in [1.54, 1.807) is 0 Å². The van der Waals surface area contributed by atoms with Crippen LogP contribution in [0.2, 0.25) is 5.15 Å². The molecule has 3 nitrogen and oxygen atoms in total. The summed E-state index contributed by atoms with van der Waals surface area (Å²) in [6.07, 6.45) is 5.35. The van der Waals surface area contributed by atoms with Gasteiger partial charge in [0.15, 0.2) is 0 Å². The predicted octanol–water partition coefficient (Wildman–Crippen LogP) is 3.85. The van der Waals surface area contributed by atoms with Gasteiger partial charge < -0.3 is 5.32 Å². The lowest BCUT2D eigenvalue weighted by Crippen LogP contribution is -2.10. The molecular formula is C13H20ClN3. The Hall–Kier alpha value is -0.830. The van der Waals surface area contributed by atoms with Crippen LogP contribution in [-0.2, 0) is 0 Å². The number of aromatic nitrogens is 2. The first-order valence-corrected chi connectivity index (χ1v) is 6.78. The number of halogens is 1. The summed E-state index contributed by atoms with van der Waals surface area (Å²) >= 11 is 6.13. The molecule has 0 saturated heterocycles. The maximum absolute atomic E-state index is 6.13. The number of anilines is 1. The van der Waals surface area contributed by atoms with E-state index in [1.807, 2.05) is 0 Å². The Morgan fingerprint density at radius 2 is 2.24 bits per heavy atom. The normalized spacial score (nSPS) is 22.9. The van der Waals surface area contributed by atoms with Crippen molar-refractivity contribution in [3.8, 4) is 0 Å². The minimum Gasteiger partial charge on any atom is -0.367 e. The first-order valence-electron chi connectivity index (χ1n) is 6.40. The second-order valence-electron chi connectivity index (χ2n) is 5.12. The topological polar surface area (TPSA) is 37.8 Å². The lowest BCUT2D eigenvalue weighted by atomic mass is 10.1. The highest BCUT2D eigenvalue weighted by molar-refractivity contribution is 6.30. The molecule has 94 valence electrons. The summed E-state index contributed by atoms with van der Waals surface area (Å²) in [6.45, 7) is 6.47. The summed E-state index contributed by atoms with van der Waals surface area (Å²) in [6, 6.07) is 0.582. The van der Waals surface area contributed by atoms with Crippen LogP contribution in [0.15, 0.2) is 6.33 Å². The number of nitrogens with zero attached hydrogens (tertiary/aromatic N) is 2. The Labute approximate surface area is 108 Å². The van der Waals surface area contributed by atoms with Gasteiger partial charge in [-0.05, 0) is 24.7 Å². The first-order chi connectivity index (χ1) is 8.13. The van der Waals surface area contributed by atoms with E-state index in [4.69, 9.17) is 11.6 Å². The first kappa shape index (κ1) is 12.6. The summed E-state index contributed by atoms with van der Waals surface area (Å²) < 4.78 is 0. The molecule has 2 unspecified atom stereocenters. The standard InChI is InChI=1S/C13H20ClN3/c1-4-5-9-6-10(9)17-13-11(8(2)3)12(14)15-7-16-13/h7-10H,4-6H2,1-3H3,(H,15,16,17). The molecule has 2 rings (SSSR count). The highest BCUT2D eigenvalue weighted by atomic mass is 35.5. The Balaban J connectivity index is 2.09. The van der Waals surface area contributed by atoms with Gasteiger partial charge in [0.1, 0.15) is 17.3 Å². The van der Waals surface area contributed by atoms with Gasteiger partial charge in [0.25, 0.3) is 0 Å². The molecule has 1 fully saturated rings. The van der Waals surface area contributed by atoms with Gasteiger partial charge in [-0.15, -0.1) is 0 Å². The van der Waals surface area contributed by atoms with Crippen molar-refractivity contribution in [2.75, 3.05) is 5.32 Å². The maximum atomic E-state index is 6.13. The molecule has 1 aliphatic carbocycles. The number of hydrogen-bond acceptors (Lipinski definition) is 3. The molecule has 0 spiro atoms. The van der Waals surface area contributed by atoms with Gasteiger partial charge in [-0.25, -0.2) is 9.97 Å². The van der Waals surface area contributed by atoms with Crippen molar-refractivity contribution in [2.45, 2.75) is 52.0 Å². The molecule has 0 aliphatic heterocycles. The van der Waals surface area contributed by atoms with E-state index in [-0.39, 0.29) is 0 Å². The molecule has 1 aromatic heterocycles. The van der Waals surface area contributed by atoms with Crippen LogP contribution in [0.1, 0.15) is 51.5 Å². The second-order valence-corrected chi connectivity index (χ2v) is 5.47. The highest BCUT2D eigenvalue weighted by Gasteiger charge is 2.36. The van der Waals surface area contributed by atoms with E-state index in [2.05, 4.69) is 36.1 Å². The quantitative estimate of drug-likeness (QED) is 0.810. The van der Waals surface area contributed by atoms with Crippen molar-refractivity contribution >= 4 is 17.4 Å². The molecular weight excluding hydrogens is 234 g/mol. The number of nitrogens with one attached hydrogen (secondary N) is 1. The number of rotatable bonds is 5. The lowest BCUT2D eigenvalue weighted by molar-refractivity contribution is 0.691. The van der Waals surface area contributed by atoms with E-state index >= 15 is 0 Å². The van der Waals surface area contributed by atoms with Gasteiger partial charge in [0.2, 0.25) is 0 Å². The molecule has 2 atom stereocenters. The van der Waals surface area contributed by atoms with Crippen LogP contribution in [0.3, 0.4) is 0 Å². The third kappa shape index (κ3) is 2.89. The smallest absolute Gasteiger partial charge is 0.138 e. The zero-order chi connectivity index (χ0) is 12.4. The van der Waals surface area contributed by atoms with Crippen LogP contribution in [-0.4, -0.2) is 16.0 Å². The Morgan fingerprint density at radius 3 is 2.88 bits per heavy atom. The van der Waals surface area contributed by atoms with Crippen molar-refractivity contribution < 1.29 is 0 Å². The van der Waals surface area contributed by atoms with Crippen molar-refractivity contribution in [3.63, 3.8) is 0 Å². The molecule has 1 aromatic rings. The number of hydrogen-bond donors (Lipinski definition) is 1. The van der Waals surface area contributed by atoms with Gasteiger partial charge in [-0.1, -0.05) is 38.8 Å². The van der Waals surface area contributed by atoms with Crippen molar-refractivity contribution in [2.24, 2.45) is 5.92 Å². The zero-order valence-electron chi connectivity index (χ0n) is 10.7. The third-order valence-corrected chi connectivity index (χ3v) is 3.62. The van der Waals surface area contributed by atoms with E-state index in [1.165, 1.54) is 25.6 Å². The average Bonchev–Trinajstić information content (AvgIpc) is 2.96. The molecule has 0 bridgehead atoms. The highest BCUT2D eigenvalue weighted by Crippen LogP contribution is 2.38. The van der Waals surface area contributed by atoms with Crippen LogP contribution >= 0.6 is 11.6 Å². The monoisotopic (exact) mass is 253 g/mol. The molecule has 0 amide bonds. The van der Waals surface area contributed by atoms with E-state index < -0.39 is 0 Å². The summed E-state index contributed by atoms with van der Waals surface area (Å²) in [5.41, 5.74) is 1.04. The van der Waals surface area contributed by atoms with Crippen molar-refractivity contribution in [1.29, 1.82) is 0 Å². The minimum absolute atomic E-state index is 0.342. The van der Waals surface area contributed by atoms with Crippen LogP contribution in [0.25, 0.3) is 0 Å². The van der Waals surface area contributed by atoms with Crippen LogP contribution in [0.4, 0.5) is 5.82 Å². The second kappa shape index (κ2) is 5.21. The lowest BCUT2D eigenvalue weighted by Gasteiger charge is -2.14. The van der Waals surface area contributed by atoms with Crippen LogP contribution in [0, 0.1) is 5.92 Å². The Bertz CT molecular complexity index is 392. The summed E-state index contributed by atoms with van der Waals surface area (Å²) in [5, 5.41) is 4.08. The minimum atomic E-state index is 0.342. The summed E-state index contributed by atoms with van der Waals surface area (Å²) in [5.74, 6) is 2.08. The fourth-order valence-electron chi connectivity index (χ4n) is 2.29. The van der Waals surface area contributed by atoms with Crippen molar-refractivity contribution in [1.82, 2.24) is 9.97 Å². The SMILES string of the molecule is CCCC1CC1Nc1ncnc(Cl)c1C(C)C. The summed E-state index contributed by atoms with van der Waals surface area (Å²) in [7, 11) is 0. The predicted molar refractivity (Wildman–Crippen MR) is 71.6 cm³/mol. The fraction of sp³-hybridized carbons (Fsp3) is 0.692. The zero-order valence-corrected chi connectivity index (χ0v) is 11.5. The molecule has 0 radical (unpaired) electrons. The largest absolute Gasteiger partial charge is 0.367 e. The van der Waals surface area contributed by atoms with Crippen LogP contribution < -0.4 is 5.32 Å². The van der Waals surface area contributed by atoms with Crippen molar-refractivity contribution in [3.05, 3.63) is 17.0 Å². The van der Waals surface area contributed by atoms with Gasteiger partial charge in [0, 0.05) is 11.6 Å². The maximum Gasteiger partial charge on any atom is 0.138 e. The van der Waals surface area contributed by atoms with Gasteiger partial charge >= 0.3 is 0 Å². The summed E-state index contributed by atoms with van der Waals surface area (Å²) in [4.78, 5) is 8.39. The van der Waals surface area contributed by atoms with Gasteiger partial charge in [-0.3, -0.25) is 0 Å². The van der Waals surface area contributed by atoms with E-state index in [9.17, 15) is 0 Å². The molecule has 4 heteroatoms. The molecule has 17 heavy (non-hydrogen) atoms. The fourth-order valence-corrected chi connectivity index (χ4v) is 2.64. The van der Waals surface area contributed by atoms with Crippen LogP contribution in [0.5, 0.6) is 0 Å². The average molecular weight is 254 g/mol. The van der Waals surface area contributed by atoms with E-state index in [0.29, 0.717) is 17.1 Å². The molecule has 1 heterocycles. The van der Waals surface area contributed by atoms with E-state index in [0.717, 1.165) is 17.3 Å².